The van der Waals surface area contributed by atoms with E-state index >= 15 is 0 Å². The summed E-state index contributed by atoms with van der Waals surface area (Å²) in [5.74, 6) is -0.381. The molecular formula is C14H17N3O5S. The molecule has 8 nitrogen and oxygen atoms in total. The summed E-state index contributed by atoms with van der Waals surface area (Å²) in [7, 11) is -2.92. The number of anilines is 2. The third-order valence-electron chi connectivity index (χ3n) is 4.00. The van der Waals surface area contributed by atoms with Crippen LogP contribution in [-0.2, 0) is 19.4 Å². The van der Waals surface area contributed by atoms with Gasteiger partial charge in [-0.05, 0) is 24.3 Å². The highest BCUT2D eigenvalue weighted by molar-refractivity contribution is 7.91. The zero-order valence-electron chi connectivity index (χ0n) is 12.3. The van der Waals surface area contributed by atoms with Gasteiger partial charge in [0.05, 0.1) is 18.1 Å². The number of hydrogen-bond donors (Lipinski definition) is 1. The Kier molecular flexibility index (Phi) is 3.88. The van der Waals surface area contributed by atoms with Crippen molar-refractivity contribution in [3.05, 3.63) is 24.3 Å². The van der Waals surface area contributed by atoms with Gasteiger partial charge in [0.15, 0.2) is 15.9 Å². The molecule has 0 aliphatic carbocycles. The molecule has 0 radical (unpaired) electrons. The first-order chi connectivity index (χ1) is 10.9. The van der Waals surface area contributed by atoms with E-state index in [0.29, 0.717) is 18.8 Å². The van der Waals surface area contributed by atoms with Gasteiger partial charge in [-0.15, -0.1) is 0 Å². The minimum atomic E-state index is -2.92. The molecule has 0 aromatic heterocycles. The Bertz CT molecular complexity index is 717. The summed E-state index contributed by atoms with van der Waals surface area (Å²) < 4.78 is 27.8. The molecule has 2 aliphatic heterocycles. The SMILES string of the molecule is NC(=O)C1CN(c2ccc(N3CCS(=O)(=O)CC3)cc2)C(=O)O1. The van der Waals surface area contributed by atoms with Crippen molar-refractivity contribution in [2.45, 2.75) is 6.10 Å². The zero-order chi connectivity index (χ0) is 16.6. The molecular weight excluding hydrogens is 322 g/mol. The van der Waals surface area contributed by atoms with Crippen molar-refractivity contribution >= 4 is 33.2 Å². The first-order valence-corrected chi connectivity index (χ1v) is 9.01. The monoisotopic (exact) mass is 339 g/mol. The van der Waals surface area contributed by atoms with Gasteiger partial charge in [0.2, 0.25) is 0 Å². The van der Waals surface area contributed by atoms with Gasteiger partial charge in [-0.1, -0.05) is 0 Å². The van der Waals surface area contributed by atoms with Crippen molar-refractivity contribution < 1.29 is 22.7 Å². The molecule has 1 aromatic carbocycles. The number of nitrogens with zero attached hydrogens (tertiary/aromatic N) is 2. The Morgan fingerprint density at radius 3 is 2.22 bits per heavy atom. The largest absolute Gasteiger partial charge is 0.434 e. The molecule has 2 saturated heterocycles. The number of cyclic esters (lactones) is 1. The van der Waals surface area contributed by atoms with Crippen molar-refractivity contribution in [1.82, 2.24) is 0 Å². The molecule has 1 unspecified atom stereocenters. The molecule has 0 spiro atoms. The van der Waals surface area contributed by atoms with Crippen molar-refractivity contribution in [2.75, 3.05) is 40.9 Å². The topological polar surface area (TPSA) is 110 Å². The number of carbonyl (C=O) groups excluding carboxylic acids is 2. The second kappa shape index (κ2) is 5.73. The first kappa shape index (κ1) is 15.6. The van der Waals surface area contributed by atoms with Gasteiger partial charge in [-0.25, -0.2) is 13.2 Å². The number of hydrogen-bond acceptors (Lipinski definition) is 6. The van der Waals surface area contributed by atoms with Gasteiger partial charge in [-0.3, -0.25) is 9.69 Å². The third kappa shape index (κ3) is 3.24. The van der Waals surface area contributed by atoms with Crippen molar-refractivity contribution in [3.8, 4) is 0 Å². The molecule has 2 N–H and O–H groups in total. The summed E-state index contributed by atoms with van der Waals surface area (Å²) >= 11 is 0. The summed E-state index contributed by atoms with van der Waals surface area (Å²) in [4.78, 5) is 26.2. The average molecular weight is 339 g/mol. The summed E-state index contributed by atoms with van der Waals surface area (Å²) in [5, 5.41) is 0. The summed E-state index contributed by atoms with van der Waals surface area (Å²) in [6, 6.07) is 7.11. The maximum absolute atomic E-state index is 11.8. The smallest absolute Gasteiger partial charge is 0.415 e. The van der Waals surface area contributed by atoms with E-state index in [1.807, 2.05) is 17.0 Å². The van der Waals surface area contributed by atoms with Crippen LogP contribution in [0.2, 0.25) is 0 Å². The number of ether oxygens (including phenoxy) is 1. The van der Waals surface area contributed by atoms with E-state index in [9.17, 15) is 18.0 Å². The standard InChI is InChI=1S/C14H17N3O5S/c15-13(18)12-9-17(14(19)22-12)11-3-1-10(2-4-11)16-5-7-23(20,21)8-6-16/h1-4,12H,5-9H2,(H2,15,18). The molecule has 0 bridgehead atoms. The van der Waals surface area contributed by atoms with Crippen LogP contribution in [0.5, 0.6) is 0 Å². The molecule has 1 aromatic rings. The summed E-state index contributed by atoms with van der Waals surface area (Å²) in [5.41, 5.74) is 6.64. The molecule has 23 heavy (non-hydrogen) atoms. The fraction of sp³-hybridized carbons (Fsp3) is 0.429. The minimum Gasteiger partial charge on any atom is -0.434 e. The fourth-order valence-electron chi connectivity index (χ4n) is 2.64. The number of carbonyl (C=O) groups is 2. The highest BCUT2D eigenvalue weighted by atomic mass is 32.2. The molecule has 0 saturated carbocycles. The highest BCUT2D eigenvalue weighted by Gasteiger charge is 2.35. The Hall–Kier alpha value is -2.29. The quantitative estimate of drug-likeness (QED) is 0.812. The lowest BCUT2D eigenvalue weighted by molar-refractivity contribution is -0.124. The van der Waals surface area contributed by atoms with Crippen LogP contribution in [0.25, 0.3) is 0 Å². The average Bonchev–Trinajstić information content (AvgIpc) is 2.90. The van der Waals surface area contributed by atoms with Crippen LogP contribution >= 0.6 is 0 Å². The lowest BCUT2D eigenvalue weighted by Crippen LogP contribution is -2.40. The fourth-order valence-corrected chi connectivity index (χ4v) is 3.84. The van der Waals surface area contributed by atoms with Crippen LogP contribution in [0.3, 0.4) is 0 Å². The van der Waals surface area contributed by atoms with E-state index in [4.69, 9.17) is 10.5 Å². The van der Waals surface area contributed by atoms with Gasteiger partial charge < -0.3 is 15.4 Å². The number of amides is 2. The maximum Gasteiger partial charge on any atom is 0.415 e. The lowest BCUT2D eigenvalue weighted by Gasteiger charge is -2.29. The van der Waals surface area contributed by atoms with Crippen LogP contribution in [0, 0.1) is 0 Å². The van der Waals surface area contributed by atoms with E-state index in [0.717, 1.165) is 5.69 Å². The number of benzene rings is 1. The number of nitrogens with two attached hydrogens (primary N) is 1. The van der Waals surface area contributed by atoms with Crippen LogP contribution in [-0.4, -0.2) is 57.7 Å². The molecule has 2 amide bonds. The number of rotatable bonds is 3. The first-order valence-electron chi connectivity index (χ1n) is 7.19. The number of primary amides is 1. The van der Waals surface area contributed by atoms with E-state index in [1.165, 1.54) is 4.90 Å². The Morgan fingerprint density at radius 2 is 1.70 bits per heavy atom. The Labute approximate surface area is 133 Å². The van der Waals surface area contributed by atoms with Gasteiger partial charge in [0.1, 0.15) is 0 Å². The highest BCUT2D eigenvalue weighted by Crippen LogP contribution is 2.25. The molecule has 3 rings (SSSR count). The molecule has 2 aliphatic rings. The van der Waals surface area contributed by atoms with Gasteiger partial charge in [-0.2, -0.15) is 0 Å². The van der Waals surface area contributed by atoms with Gasteiger partial charge in [0, 0.05) is 24.5 Å². The Morgan fingerprint density at radius 1 is 1.13 bits per heavy atom. The molecule has 2 heterocycles. The van der Waals surface area contributed by atoms with Crippen molar-refractivity contribution in [3.63, 3.8) is 0 Å². The molecule has 9 heteroatoms. The van der Waals surface area contributed by atoms with Crippen molar-refractivity contribution in [2.24, 2.45) is 5.73 Å². The maximum atomic E-state index is 11.8. The minimum absolute atomic E-state index is 0.0927. The Balaban J connectivity index is 1.70. The predicted octanol–water partition coefficient (Wildman–Crippen LogP) is -0.268. The second-order valence-electron chi connectivity index (χ2n) is 5.54. The summed E-state index contributed by atoms with van der Waals surface area (Å²) in [6.07, 6.45) is -1.54. The molecule has 124 valence electrons. The van der Waals surface area contributed by atoms with Gasteiger partial charge >= 0.3 is 6.09 Å². The third-order valence-corrected chi connectivity index (χ3v) is 5.61. The van der Waals surface area contributed by atoms with Crippen LogP contribution in [0.1, 0.15) is 0 Å². The van der Waals surface area contributed by atoms with Crippen molar-refractivity contribution in [1.29, 1.82) is 0 Å². The second-order valence-corrected chi connectivity index (χ2v) is 7.84. The summed E-state index contributed by atoms with van der Waals surface area (Å²) in [6.45, 7) is 1.00. The van der Waals surface area contributed by atoms with E-state index < -0.39 is 27.9 Å². The van der Waals surface area contributed by atoms with Crippen LogP contribution in [0.4, 0.5) is 16.2 Å². The predicted molar refractivity (Wildman–Crippen MR) is 84.1 cm³/mol. The van der Waals surface area contributed by atoms with E-state index in [-0.39, 0.29) is 18.1 Å². The van der Waals surface area contributed by atoms with Crippen LogP contribution < -0.4 is 15.5 Å². The zero-order valence-corrected chi connectivity index (χ0v) is 13.2. The van der Waals surface area contributed by atoms with E-state index in [1.54, 1.807) is 12.1 Å². The molecule has 2 fully saturated rings. The van der Waals surface area contributed by atoms with Gasteiger partial charge in [0.25, 0.3) is 5.91 Å². The number of sulfone groups is 1. The van der Waals surface area contributed by atoms with E-state index in [2.05, 4.69) is 0 Å². The normalized spacial score (nSPS) is 23.7. The lowest BCUT2D eigenvalue weighted by atomic mass is 10.2. The molecule has 1 atom stereocenters. The van der Waals surface area contributed by atoms with Crippen LogP contribution in [0.15, 0.2) is 24.3 Å².